The molecule has 1 aromatic rings. The number of likely N-dealkylation sites (tertiary alicyclic amines) is 1. The minimum Gasteiger partial charge on any atom is -0.378 e. The number of carbonyl (C=O) groups is 3. The number of rotatable bonds is 6. The van der Waals surface area contributed by atoms with Gasteiger partial charge in [-0.15, -0.1) is 0 Å². The first-order chi connectivity index (χ1) is 14.6. The molecule has 10 heteroatoms. The molecule has 3 atom stereocenters. The van der Waals surface area contributed by atoms with Crippen LogP contribution in [0.5, 0.6) is 0 Å². The van der Waals surface area contributed by atoms with Gasteiger partial charge in [0.1, 0.15) is 18.7 Å². The van der Waals surface area contributed by atoms with Gasteiger partial charge in [-0.3, -0.25) is 9.59 Å². The van der Waals surface area contributed by atoms with Gasteiger partial charge in [-0.2, -0.15) is 25.3 Å². The molecule has 186 valence electrons. The number of thioether (sulfide) groups is 1. The number of hydrogen-bond donors (Lipinski definition) is 1. The van der Waals surface area contributed by atoms with Crippen LogP contribution in [0.3, 0.4) is 0 Å². The van der Waals surface area contributed by atoms with Crippen molar-refractivity contribution in [3.05, 3.63) is 35.9 Å². The van der Waals surface area contributed by atoms with Gasteiger partial charge in [0.15, 0.2) is 5.78 Å². The molecule has 3 fully saturated rings. The molecule has 0 bridgehead atoms. The van der Waals surface area contributed by atoms with Crippen molar-refractivity contribution in [1.29, 1.82) is 0 Å². The lowest BCUT2D eigenvalue weighted by Gasteiger charge is -2.31. The van der Waals surface area contributed by atoms with Crippen LogP contribution < -0.4 is 5.32 Å². The molecule has 0 spiro atoms. The van der Waals surface area contributed by atoms with Crippen molar-refractivity contribution < 1.29 is 23.9 Å². The number of fused-ring (bicyclic) bond motifs is 1. The Balaban J connectivity index is 0.00000181. The number of ketones is 1. The predicted molar refractivity (Wildman–Crippen MR) is 136 cm³/mol. The number of hydrogen-bond acceptors (Lipinski definition) is 6. The van der Waals surface area contributed by atoms with Gasteiger partial charge in [-0.25, -0.2) is 4.79 Å². The molecule has 3 amide bonds. The maximum Gasteiger partial charge on any atom is 0.318 e. The Morgan fingerprint density at radius 1 is 1.12 bits per heavy atom. The van der Waals surface area contributed by atoms with Gasteiger partial charge >= 0.3 is 6.03 Å². The monoisotopic (exact) mass is 499 g/mol. The van der Waals surface area contributed by atoms with E-state index in [9.17, 15) is 14.4 Å². The van der Waals surface area contributed by atoms with Gasteiger partial charge in [0.25, 0.3) is 0 Å². The van der Waals surface area contributed by atoms with Crippen LogP contribution in [0, 0.1) is 0 Å². The van der Waals surface area contributed by atoms with Gasteiger partial charge in [0, 0.05) is 31.1 Å². The first-order valence-corrected chi connectivity index (χ1v) is 11.5. The van der Waals surface area contributed by atoms with E-state index in [1.807, 2.05) is 30.3 Å². The fraction of sp³-hybridized carbons (Fsp3) is 0.609. The van der Waals surface area contributed by atoms with E-state index < -0.39 is 12.1 Å². The summed E-state index contributed by atoms with van der Waals surface area (Å²) in [6.07, 6.45) is 0.442. The summed E-state index contributed by atoms with van der Waals surface area (Å²) in [4.78, 5) is 41.6. The number of Topliss-reactive ketones (excluding diaryl/α,β-unsaturated/α-hetero) is 1. The zero-order chi connectivity index (χ0) is 20.9. The number of carbonyl (C=O) groups excluding carboxylic acids is 3. The Morgan fingerprint density at radius 3 is 2.52 bits per heavy atom. The van der Waals surface area contributed by atoms with Crippen molar-refractivity contribution in [3.8, 4) is 0 Å². The van der Waals surface area contributed by atoms with Gasteiger partial charge in [-0.05, 0) is 12.0 Å². The molecule has 8 nitrogen and oxygen atoms in total. The lowest BCUT2D eigenvalue weighted by Crippen LogP contribution is -2.56. The zero-order valence-electron chi connectivity index (χ0n) is 17.3. The largest absolute Gasteiger partial charge is 0.378 e. The highest BCUT2D eigenvalue weighted by molar-refractivity contribution is 7.98. The van der Waals surface area contributed by atoms with Gasteiger partial charge < -0.3 is 24.6 Å². The van der Waals surface area contributed by atoms with Crippen LogP contribution in [0.1, 0.15) is 26.8 Å². The molecule has 1 N–H and O–H groups in total. The van der Waals surface area contributed by atoms with E-state index in [4.69, 9.17) is 9.47 Å². The van der Waals surface area contributed by atoms with E-state index in [0.29, 0.717) is 45.0 Å². The van der Waals surface area contributed by atoms with Crippen molar-refractivity contribution in [2.45, 2.75) is 45.2 Å². The smallest absolute Gasteiger partial charge is 0.318 e. The van der Waals surface area contributed by atoms with E-state index in [0.717, 1.165) is 11.3 Å². The molecule has 0 aliphatic carbocycles. The first kappa shape index (κ1) is 29.3. The molecule has 3 saturated heterocycles. The highest BCUT2D eigenvalue weighted by atomic mass is 32.2. The highest BCUT2D eigenvalue weighted by Crippen LogP contribution is 2.28. The lowest BCUT2D eigenvalue weighted by atomic mass is 10.1. The average molecular weight is 500 g/mol. The van der Waals surface area contributed by atoms with Gasteiger partial charge in [0.2, 0.25) is 5.91 Å². The molecular formula is C23H37N3O5S2. The topological polar surface area (TPSA) is 88.2 Å². The normalized spacial score (nSPS) is 22.4. The second-order valence-corrected chi connectivity index (χ2v) is 8.71. The van der Waals surface area contributed by atoms with E-state index in [-0.39, 0.29) is 58.8 Å². The van der Waals surface area contributed by atoms with Crippen molar-refractivity contribution in [2.75, 3.05) is 45.2 Å². The van der Waals surface area contributed by atoms with Gasteiger partial charge in [-0.1, -0.05) is 45.2 Å². The number of nitrogens with one attached hydrogen (secondary N) is 1. The third kappa shape index (κ3) is 7.11. The summed E-state index contributed by atoms with van der Waals surface area (Å²) >= 11 is 1.59. The second-order valence-electron chi connectivity index (χ2n) is 7.68. The fourth-order valence-corrected chi connectivity index (χ4v) is 5.10. The first-order valence-electron chi connectivity index (χ1n) is 10.3. The third-order valence-corrected chi connectivity index (χ3v) is 6.79. The molecule has 33 heavy (non-hydrogen) atoms. The van der Waals surface area contributed by atoms with E-state index in [1.165, 1.54) is 0 Å². The Labute approximate surface area is 208 Å². The van der Waals surface area contributed by atoms with Crippen molar-refractivity contribution in [3.63, 3.8) is 0 Å². The minimum atomic E-state index is -0.693. The number of amides is 3. The molecule has 3 aliphatic rings. The molecule has 3 aliphatic heterocycles. The zero-order valence-corrected chi connectivity index (χ0v) is 19.1. The van der Waals surface area contributed by atoms with E-state index >= 15 is 0 Å². The molecule has 3 heterocycles. The van der Waals surface area contributed by atoms with Crippen molar-refractivity contribution >= 4 is 43.0 Å². The fourth-order valence-electron chi connectivity index (χ4n) is 4.09. The summed E-state index contributed by atoms with van der Waals surface area (Å²) in [5, 5.41) is 2.91. The molecular weight excluding hydrogens is 462 g/mol. The minimum absolute atomic E-state index is 0. The third-order valence-electron chi connectivity index (χ3n) is 5.69. The molecule has 0 aromatic heterocycles. The summed E-state index contributed by atoms with van der Waals surface area (Å²) in [6, 6.07) is 8.53. The number of urea groups is 1. The standard InChI is InChI=1S/C21H27N3O5S.2CH4.H2S/c25-17-12-29-18-6-7-24(19(17)18)20(26)16(14-30-13-15-4-2-1-3-5-15)22-21(27)23-8-10-28-11-9-23;;;/h1-5,16,18-19H,6-14H2,(H,22,27);2*1H4;1H2/t16-,18+,19+;;;/m0.../s1. The van der Waals surface area contributed by atoms with Crippen LogP contribution >= 0.6 is 25.3 Å². The number of benzene rings is 1. The Kier molecular flexibility index (Phi) is 12.3. The maximum atomic E-state index is 13.3. The van der Waals surface area contributed by atoms with Crippen molar-refractivity contribution in [2.24, 2.45) is 0 Å². The molecule has 0 saturated carbocycles. The molecule has 1 aromatic carbocycles. The predicted octanol–water partition coefficient (Wildman–Crippen LogP) is 2.28. The molecule has 0 unspecified atom stereocenters. The molecule has 0 radical (unpaired) electrons. The van der Waals surface area contributed by atoms with Crippen LogP contribution in [-0.2, 0) is 24.8 Å². The van der Waals surface area contributed by atoms with Crippen LogP contribution in [0.15, 0.2) is 30.3 Å². The summed E-state index contributed by atoms with van der Waals surface area (Å²) in [6.45, 7) is 2.54. The summed E-state index contributed by atoms with van der Waals surface area (Å²) < 4.78 is 10.8. The summed E-state index contributed by atoms with van der Waals surface area (Å²) in [7, 11) is 0. The number of nitrogens with zero attached hydrogens (tertiary/aromatic N) is 2. The highest BCUT2D eigenvalue weighted by Gasteiger charge is 2.48. The maximum absolute atomic E-state index is 13.3. The van der Waals surface area contributed by atoms with Gasteiger partial charge in [0.05, 0.1) is 19.3 Å². The number of morpholine rings is 1. The van der Waals surface area contributed by atoms with Crippen LogP contribution in [0.25, 0.3) is 0 Å². The lowest BCUT2D eigenvalue weighted by molar-refractivity contribution is -0.137. The quantitative estimate of drug-likeness (QED) is 0.646. The van der Waals surface area contributed by atoms with Crippen LogP contribution in [0.4, 0.5) is 4.79 Å². The van der Waals surface area contributed by atoms with E-state index in [1.54, 1.807) is 21.6 Å². The number of ether oxygens (including phenoxy) is 2. The Morgan fingerprint density at radius 2 is 1.82 bits per heavy atom. The Bertz CT molecular complexity index is 777. The SMILES string of the molecule is C.C.O=C1CO[C@@H]2CCN(C(=O)[C@H](CSCc3ccccc3)NC(=O)N3CCOCC3)[C@H]12.S. The average Bonchev–Trinajstić information content (AvgIpc) is 3.37. The summed E-state index contributed by atoms with van der Waals surface area (Å²) in [5.74, 6) is 0.920. The second kappa shape index (κ2) is 13.8. The molecule has 4 rings (SSSR count). The van der Waals surface area contributed by atoms with Crippen LogP contribution in [0.2, 0.25) is 0 Å². The van der Waals surface area contributed by atoms with Crippen molar-refractivity contribution in [1.82, 2.24) is 15.1 Å². The summed E-state index contributed by atoms with van der Waals surface area (Å²) in [5.41, 5.74) is 1.16. The van der Waals surface area contributed by atoms with E-state index in [2.05, 4.69) is 5.32 Å². The van der Waals surface area contributed by atoms with Crippen LogP contribution in [-0.4, -0.2) is 90.9 Å². The Hall–Kier alpha value is -1.75.